The van der Waals surface area contributed by atoms with Crippen LogP contribution < -0.4 is 10.2 Å². The van der Waals surface area contributed by atoms with Crippen molar-refractivity contribution in [3.63, 3.8) is 0 Å². The third-order valence-electron chi connectivity index (χ3n) is 4.18. The Bertz CT molecular complexity index is 462. The molecule has 3 aliphatic rings. The van der Waals surface area contributed by atoms with E-state index in [0.29, 0.717) is 11.8 Å². The molecule has 0 radical (unpaired) electrons. The molecule has 1 N–H and O–H groups in total. The van der Waals surface area contributed by atoms with Crippen molar-refractivity contribution in [1.82, 2.24) is 5.32 Å². The second kappa shape index (κ2) is 3.10. The highest BCUT2D eigenvalue weighted by atomic mass is 16.2. The van der Waals surface area contributed by atoms with Crippen LogP contribution in [0.3, 0.4) is 0 Å². The molecule has 3 nitrogen and oxygen atoms in total. The molecule has 1 atom stereocenters. The molecule has 1 heterocycles. The van der Waals surface area contributed by atoms with E-state index in [-0.39, 0.29) is 11.7 Å². The van der Waals surface area contributed by atoms with Crippen molar-refractivity contribution in [2.24, 2.45) is 5.92 Å². The van der Waals surface area contributed by atoms with Crippen LogP contribution in [0.2, 0.25) is 0 Å². The van der Waals surface area contributed by atoms with Crippen molar-refractivity contribution in [1.29, 1.82) is 0 Å². The van der Waals surface area contributed by atoms with Gasteiger partial charge in [-0.15, -0.1) is 0 Å². The number of carbonyl (C=O) groups excluding carboxylic acids is 1. The molecule has 0 bridgehead atoms. The lowest BCUT2D eigenvalue weighted by molar-refractivity contribution is -0.119. The van der Waals surface area contributed by atoms with Crippen LogP contribution in [0, 0.1) is 5.92 Å². The van der Waals surface area contributed by atoms with E-state index in [1.54, 1.807) is 0 Å². The topological polar surface area (TPSA) is 32.3 Å². The fraction of sp³-hybridized carbons (Fsp3) is 0.500. The zero-order valence-electron chi connectivity index (χ0n) is 9.73. The first-order valence-electron chi connectivity index (χ1n) is 6.47. The third kappa shape index (κ3) is 1.35. The fourth-order valence-electron chi connectivity index (χ4n) is 2.86. The third-order valence-corrected chi connectivity index (χ3v) is 4.18. The molecular formula is C14H16N2O. The Labute approximate surface area is 101 Å². The number of nitrogens with one attached hydrogen (secondary N) is 1. The number of amides is 1. The van der Waals surface area contributed by atoms with Gasteiger partial charge in [0.05, 0.1) is 6.17 Å². The molecule has 1 spiro atoms. The molecule has 1 aromatic carbocycles. The summed E-state index contributed by atoms with van der Waals surface area (Å²) in [5.41, 5.74) is 0.856. The molecule has 1 aromatic rings. The lowest BCUT2D eigenvalue weighted by Gasteiger charge is -2.24. The van der Waals surface area contributed by atoms with Crippen LogP contribution in [0.15, 0.2) is 30.3 Å². The molecule has 0 aromatic heterocycles. The maximum absolute atomic E-state index is 12.5. The van der Waals surface area contributed by atoms with Crippen LogP contribution >= 0.6 is 0 Å². The van der Waals surface area contributed by atoms with Crippen LogP contribution in [0.25, 0.3) is 0 Å². The lowest BCUT2D eigenvalue weighted by Crippen LogP contribution is -2.39. The number of nitrogens with zero attached hydrogens (tertiary/aromatic N) is 1. The Morgan fingerprint density at radius 1 is 1.18 bits per heavy atom. The van der Waals surface area contributed by atoms with E-state index in [4.69, 9.17) is 0 Å². The van der Waals surface area contributed by atoms with Gasteiger partial charge >= 0.3 is 0 Å². The lowest BCUT2D eigenvalue weighted by atomic mass is 10.2. The molecule has 3 fully saturated rings. The molecule has 2 aliphatic carbocycles. The Morgan fingerprint density at radius 2 is 1.88 bits per heavy atom. The molecule has 1 unspecified atom stereocenters. The number of carbonyl (C=O) groups is 1. The second-order valence-corrected chi connectivity index (χ2v) is 5.52. The minimum atomic E-state index is -0.191. The summed E-state index contributed by atoms with van der Waals surface area (Å²) >= 11 is 0. The van der Waals surface area contributed by atoms with E-state index in [1.807, 2.05) is 35.2 Å². The summed E-state index contributed by atoms with van der Waals surface area (Å²) in [6.45, 7) is 0. The Kier molecular flexibility index (Phi) is 1.76. The summed E-state index contributed by atoms with van der Waals surface area (Å²) in [4.78, 5) is 14.5. The van der Waals surface area contributed by atoms with Crippen molar-refractivity contribution >= 4 is 11.6 Å². The van der Waals surface area contributed by atoms with Gasteiger partial charge < -0.3 is 0 Å². The monoisotopic (exact) mass is 228 g/mol. The van der Waals surface area contributed by atoms with Gasteiger partial charge in [0.25, 0.3) is 0 Å². The van der Waals surface area contributed by atoms with Gasteiger partial charge in [0.15, 0.2) is 0 Å². The average Bonchev–Trinajstić information content (AvgIpc) is 3.23. The summed E-state index contributed by atoms with van der Waals surface area (Å²) in [6, 6.07) is 10.1. The van der Waals surface area contributed by atoms with Gasteiger partial charge in [0.2, 0.25) is 5.91 Å². The van der Waals surface area contributed by atoms with Crippen LogP contribution in [-0.2, 0) is 4.79 Å². The van der Waals surface area contributed by atoms with Crippen molar-refractivity contribution in [3.8, 4) is 0 Å². The minimum Gasteiger partial charge on any atom is -0.294 e. The predicted octanol–water partition coefficient (Wildman–Crippen LogP) is 1.89. The zero-order chi connectivity index (χ0) is 11.5. The molecule has 88 valence electrons. The number of anilines is 1. The fourth-order valence-corrected chi connectivity index (χ4v) is 2.86. The second-order valence-electron chi connectivity index (χ2n) is 5.52. The van der Waals surface area contributed by atoms with Crippen LogP contribution in [-0.4, -0.2) is 17.6 Å². The van der Waals surface area contributed by atoms with Gasteiger partial charge in [-0.05, 0) is 43.7 Å². The number of benzene rings is 1. The quantitative estimate of drug-likeness (QED) is 0.838. The Balaban J connectivity index is 1.73. The number of para-hydroxylation sites is 1. The number of hydrogen-bond acceptors (Lipinski definition) is 2. The average molecular weight is 228 g/mol. The number of hydrogen-bond donors (Lipinski definition) is 1. The van der Waals surface area contributed by atoms with Crippen LogP contribution in [0.4, 0.5) is 5.69 Å². The predicted molar refractivity (Wildman–Crippen MR) is 65.5 cm³/mol. The van der Waals surface area contributed by atoms with E-state index in [0.717, 1.165) is 18.5 Å². The van der Waals surface area contributed by atoms with Crippen molar-refractivity contribution in [3.05, 3.63) is 30.3 Å². The maximum atomic E-state index is 12.5. The highest BCUT2D eigenvalue weighted by Gasteiger charge is 2.61. The first-order valence-corrected chi connectivity index (χ1v) is 6.47. The number of rotatable bonds is 2. The molecule has 2 saturated carbocycles. The largest absolute Gasteiger partial charge is 0.294 e. The highest BCUT2D eigenvalue weighted by Crippen LogP contribution is 2.48. The van der Waals surface area contributed by atoms with E-state index < -0.39 is 0 Å². The zero-order valence-corrected chi connectivity index (χ0v) is 9.73. The van der Waals surface area contributed by atoms with Gasteiger partial charge in [0.1, 0.15) is 5.54 Å². The normalized spacial score (nSPS) is 30.0. The Morgan fingerprint density at radius 3 is 2.47 bits per heavy atom. The molecule has 1 saturated heterocycles. The minimum absolute atomic E-state index is 0.191. The van der Waals surface area contributed by atoms with Gasteiger partial charge in [-0.2, -0.15) is 0 Å². The Hall–Kier alpha value is -1.35. The van der Waals surface area contributed by atoms with E-state index >= 15 is 0 Å². The van der Waals surface area contributed by atoms with E-state index in [9.17, 15) is 4.79 Å². The highest BCUT2D eigenvalue weighted by molar-refractivity contribution is 6.05. The van der Waals surface area contributed by atoms with Crippen molar-refractivity contribution in [2.45, 2.75) is 37.4 Å². The summed E-state index contributed by atoms with van der Waals surface area (Å²) < 4.78 is 0. The summed E-state index contributed by atoms with van der Waals surface area (Å²) in [7, 11) is 0. The van der Waals surface area contributed by atoms with Crippen LogP contribution in [0.1, 0.15) is 25.7 Å². The summed E-state index contributed by atoms with van der Waals surface area (Å²) in [6.07, 6.45) is 4.78. The smallest absolute Gasteiger partial charge is 0.248 e. The molecular weight excluding hydrogens is 212 g/mol. The van der Waals surface area contributed by atoms with Crippen molar-refractivity contribution < 1.29 is 4.79 Å². The van der Waals surface area contributed by atoms with Crippen molar-refractivity contribution in [2.75, 3.05) is 4.90 Å². The van der Waals surface area contributed by atoms with Crippen LogP contribution in [0.5, 0.6) is 0 Å². The molecule has 1 amide bonds. The van der Waals surface area contributed by atoms with E-state index in [2.05, 4.69) is 5.32 Å². The van der Waals surface area contributed by atoms with Gasteiger partial charge in [-0.3, -0.25) is 15.0 Å². The van der Waals surface area contributed by atoms with E-state index in [1.165, 1.54) is 12.8 Å². The molecule has 17 heavy (non-hydrogen) atoms. The summed E-state index contributed by atoms with van der Waals surface area (Å²) in [5, 5.41) is 3.58. The molecule has 4 rings (SSSR count). The molecule has 3 heteroatoms. The van der Waals surface area contributed by atoms with Gasteiger partial charge in [-0.1, -0.05) is 18.2 Å². The first-order chi connectivity index (χ1) is 8.30. The summed E-state index contributed by atoms with van der Waals surface area (Å²) in [5.74, 6) is 0.958. The first kappa shape index (κ1) is 9.66. The standard InChI is InChI=1S/C14H16N2O/c17-13-14(8-9-14)15-12(10-6-7-10)16(13)11-4-2-1-3-5-11/h1-5,10,12,15H,6-9H2. The molecule has 1 aliphatic heterocycles. The maximum Gasteiger partial charge on any atom is 0.248 e. The van der Waals surface area contributed by atoms with Gasteiger partial charge in [-0.25, -0.2) is 0 Å². The van der Waals surface area contributed by atoms with Gasteiger partial charge in [0, 0.05) is 5.69 Å². The SMILES string of the molecule is O=C1N(c2ccccc2)C(C2CC2)NC12CC2.